The Morgan fingerprint density at radius 3 is 1.67 bits per heavy atom. The van der Waals surface area contributed by atoms with E-state index in [1.54, 1.807) is 0 Å². The number of carbonyl (C=O) groups is 4. The van der Waals surface area contributed by atoms with Crippen LogP contribution in [0.3, 0.4) is 0 Å². The van der Waals surface area contributed by atoms with Crippen LogP contribution in [-0.2, 0) is 47.6 Å². The predicted octanol–water partition coefficient (Wildman–Crippen LogP) is -2.76. The molecule has 2 rings (SSSR count). The van der Waals surface area contributed by atoms with Crippen LogP contribution in [-0.4, -0.2) is 123 Å². The Kier molecular flexibility index (Phi) is 13.1. The number of alkyl halides is 1. The Hall–Kier alpha value is -1.92. The Morgan fingerprint density at radius 2 is 1.19 bits per heavy atom. The molecule has 0 bridgehead atoms. The SMILES string of the molecule is CC(=O)OC[C@H]1O[C@H](Br)[C@H](OC(C)=O)[C@@H](OC(C)=O)[C@@H]1OC(C)=O.OC[C@H]1OC(O)[C@H](O)[C@@H](O)[C@@H]1O. The summed E-state index contributed by atoms with van der Waals surface area (Å²) in [7, 11) is 0. The zero-order valence-electron chi connectivity index (χ0n) is 19.9. The molecule has 1 unspecified atom stereocenters. The first-order valence-corrected chi connectivity index (χ1v) is 11.5. The van der Waals surface area contributed by atoms with Gasteiger partial charge in [0.2, 0.25) is 0 Å². The van der Waals surface area contributed by atoms with Crippen LogP contribution in [0.4, 0.5) is 0 Å². The molecule has 0 amide bonds. The van der Waals surface area contributed by atoms with Crippen LogP contribution >= 0.6 is 15.9 Å². The van der Waals surface area contributed by atoms with Gasteiger partial charge in [-0.3, -0.25) is 19.2 Å². The summed E-state index contributed by atoms with van der Waals surface area (Å²) >= 11 is 3.18. The molecule has 0 aromatic heterocycles. The minimum atomic E-state index is -1.57. The fourth-order valence-corrected chi connectivity index (χ4v) is 3.94. The third-order valence-electron chi connectivity index (χ3n) is 4.80. The molecule has 0 aromatic carbocycles. The van der Waals surface area contributed by atoms with Gasteiger partial charge in [0.05, 0.1) is 6.61 Å². The van der Waals surface area contributed by atoms with Crippen molar-refractivity contribution >= 4 is 39.8 Å². The quantitative estimate of drug-likeness (QED) is 0.120. The van der Waals surface area contributed by atoms with Gasteiger partial charge in [-0.1, -0.05) is 15.9 Å². The van der Waals surface area contributed by atoms with Crippen molar-refractivity contribution in [2.24, 2.45) is 0 Å². The van der Waals surface area contributed by atoms with Crippen LogP contribution < -0.4 is 0 Å². The molecular weight excluding hydrogens is 560 g/mol. The van der Waals surface area contributed by atoms with Crippen molar-refractivity contribution in [2.75, 3.05) is 13.2 Å². The first kappa shape index (κ1) is 32.1. The summed E-state index contributed by atoms with van der Waals surface area (Å²) in [5.41, 5.74) is 0. The van der Waals surface area contributed by atoms with Crippen LogP contribution in [0, 0.1) is 0 Å². The van der Waals surface area contributed by atoms with E-state index in [0.717, 1.165) is 13.8 Å². The van der Waals surface area contributed by atoms with E-state index in [9.17, 15) is 19.2 Å². The largest absolute Gasteiger partial charge is 0.463 e. The Morgan fingerprint density at radius 1 is 0.694 bits per heavy atom. The number of aliphatic hydroxyl groups excluding tert-OH is 5. The smallest absolute Gasteiger partial charge is 0.303 e. The molecule has 5 N–H and O–H groups in total. The van der Waals surface area contributed by atoms with E-state index in [1.165, 1.54) is 13.8 Å². The van der Waals surface area contributed by atoms with Gasteiger partial charge in [-0.15, -0.1) is 0 Å². The average Bonchev–Trinajstić information content (AvgIpc) is 2.77. The van der Waals surface area contributed by atoms with Crippen LogP contribution in [0.25, 0.3) is 0 Å². The molecule has 0 aromatic rings. The lowest BCUT2D eigenvalue weighted by molar-refractivity contribution is -0.286. The van der Waals surface area contributed by atoms with Crippen LogP contribution in [0.2, 0.25) is 0 Å². The van der Waals surface area contributed by atoms with E-state index in [-0.39, 0.29) is 6.61 Å². The summed E-state index contributed by atoms with van der Waals surface area (Å²) in [6, 6.07) is 0. The van der Waals surface area contributed by atoms with Crippen LogP contribution in [0.15, 0.2) is 0 Å². The summed E-state index contributed by atoms with van der Waals surface area (Å²) in [6.07, 6.45) is -11.3. The van der Waals surface area contributed by atoms with E-state index in [2.05, 4.69) is 20.7 Å². The first-order chi connectivity index (χ1) is 16.7. The van der Waals surface area contributed by atoms with Gasteiger partial charge < -0.3 is 54.0 Å². The van der Waals surface area contributed by atoms with E-state index in [4.69, 9.17) is 49.2 Å². The normalized spacial score (nSPS) is 35.9. The predicted molar refractivity (Wildman–Crippen MR) is 117 cm³/mol. The van der Waals surface area contributed by atoms with Gasteiger partial charge in [-0.2, -0.15) is 0 Å². The third kappa shape index (κ3) is 9.51. The van der Waals surface area contributed by atoms with Gasteiger partial charge in [0.1, 0.15) is 37.1 Å². The molecule has 36 heavy (non-hydrogen) atoms. The van der Waals surface area contributed by atoms with Crippen molar-refractivity contribution in [3.05, 3.63) is 0 Å². The summed E-state index contributed by atoms with van der Waals surface area (Å²) in [4.78, 5) is 45.1. The van der Waals surface area contributed by atoms with Gasteiger partial charge in [0, 0.05) is 27.7 Å². The van der Waals surface area contributed by atoms with Crippen molar-refractivity contribution in [2.45, 2.75) is 87.8 Å². The molecule has 0 saturated carbocycles. The topological polar surface area (TPSA) is 225 Å². The van der Waals surface area contributed by atoms with Gasteiger partial charge in [-0.05, 0) is 0 Å². The lowest BCUT2D eigenvalue weighted by atomic mass is 9.99. The third-order valence-corrected chi connectivity index (χ3v) is 5.54. The zero-order valence-corrected chi connectivity index (χ0v) is 21.5. The number of esters is 4. The number of carbonyl (C=O) groups excluding carboxylic acids is 4. The van der Waals surface area contributed by atoms with Gasteiger partial charge >= 0.3 is 23.9 Å². The number of halogens is 1. The van der Waals surface area contributed by atoms with E-state index >= 15 is 0 Å². The molecule has 208 valence electrons. The minimum absolute atomic E-state index is 0.236. The maximum Gasteiger partial charge on any atom is 0.303 e. The second kappa shape index (κ2) is 14.7. The van der Waals surface area contributed by atoms with Gasteiger partial charge in [0.25, 0.3) is 0 Å². The molecule has 2 aliphatic rings. The molecule has 2 fully saturated rings. The van der Waals surface area contributed by atoms with E-state index < -0.39 is 90.6 Å². The standard InChI is InChI=1S/C14H19BrO9.C6H12O6/c1-6(16)20-5-10-11(21-7(2)17)12(22-8(3)18)13(14(15)24-10)23-9(4)19;7-1-2-3(8)4(9)5(10)6(11)12-2/h10-14H,5H2,1-4H3;2-11H,1H2/t10-,11-,12+,13-,14+;2-,3-,4+,5-,6?/m11/s1. The Labute approximate surface area is 214 Å². The maximum atomic E-state index is 11.4. The molecule has 10 atom stereocenters. The summed E-state index contributed by atoms with van der Waals surface area (Å²) < 4.78 is 30.5. The fraction of sp³-hybridized carbons (Fsp3) is 0.800. The summed E-state index contributed by atoms with van der Waals surface area (Å²) in [5.74, 6) is -2.52. The molecule has 0 spiro atoms. The maximum absolute atomic E-state index is 11.4. The summed E-state index contributed by atoms with van der Waals surface area (Å²) in [6.45, 7) is 3.95. The van der Waals surface area contributed by atoms with Gasteiger partial charge in [0.15, 0.2) is 29.6 Å². The number of hydrogen-bond donors (Lipinski definition) is 5. The van der Waals surface area contributed by atoms with Crippen molar-refractivity contribution in [1.29, 1.82) is 0 Å². The number of aliphatic hydroxyl groups is 5. The molecule has 0 aliphatic carbocycles. The number of rotatable bonds is 6. The lowest BCUT2D eigenvalue weighted by Gasteiger charge is -2.42. The van der Waals surface area contributed by atoms with Crippen LogP contribution in [0.5, 0.6) is 0 Å². The van der Waals surface area contributed by atoms with Crippen molar-refractivity contribution in [3.63, 3.8) is 0 Å². The highest BCUT2D eigenvalue weighted by Gasteiger charge is 2.51. The monoisotopic (exact) mass is 590 g/mol. The van der Waals surface area contributed by atoms with Crippen molar-refractivity contribution < 1.29 is 73.1 Å². The molecule has 0 radical (unpaired) electrons. The second-order valence-corrected chi connectivity index (χ2v) is 8.67. The molecule has 2 heterocycles. The van der Waals surface area contributed by atoms with E-state index in [1.807, 2.05) is 0 Å². The van der Waals surface area contributed by atoms with E-state index in [0.29, 0.717) is 0 Å². The van der Waals surface area contributed by atoms with Gasteiger partial charge in [-0.25, -0.2) is 0 Å². The Balaban J connectivity index is 0.000000450. The molecule has 15 nitrogen and oxygen atoms in total. The average molecular weight is 591 g/mol. The number of hydrogen-bond acceptors (Lipinski definition) is 15. The highest BCUT2D eigenvalue weighted by Crippen LogP contribution is 2.31. The molecule has 16 heteroatoms. The van der Waals surface area contributed by atoms with Crippen molar-refractivity contribution in [1.82, 2.24) is 0 Å². The summed E-state index contributed by atoms with van der Waals surface area (Å²) in [5, 5.41) is 43.8. The van der Waals surface area contributed by atoms with Crippen LogP contribution in [0.1, 0.15) is 27.7 Å². The second-order valence-electron chi connectivity index (χ2n) is 7.77. The highest BCUT2D eigenvalue weighted by molar-refractivity contribution is 9.09. The highest BCUT2D eigenvalue weighted by atomic mass is 79.9. The zero-order chi connectivity index (χ0) is 27.7. The fourth-order valence-electron chi connectivity index (χ4n) is 3.26. The lowest BCUT2D eigenvalue weighted by Crippen LogP contribution is -2.60. The molecule has 2 saturated heterocycles. The van der Waals surface area contributed by atoms with Crippen molar-refractivity contribution in [3.8, 4) is 0 Å². The molecular formula is C20H31BrO15. The Bertz CT molecular complexity index is 759. The first-order valence-electron chi connectivity index (χ1n) is 10.6. The number of ether oxygens (including phenoxy) is 6. The minimum Gasteiger partial charge on any atom is -0.463 e. The molecule has 2 aliphatic heterocycles.